The Morgan fingerprint density at radius 3 is 2.57 bits per heavy atom. The Balaban J connectivity index is 2.07. The number of carbonyl (C=O) groups excluding carboxylic acids is 2. The van der Waals surface area contributed by atoms with E-state index in [-0.39, 0.29) is 22.3 Å². The van der Waals surface area contributed by atoms with Gasteiger partial charge in [-0.05, 0) is 33.6 Å². The van der Waals surface area contributed by atoms with Gasteiger partial charge in [-0.2, -0.15) is 0 Å². The van der Waals surface area contributed by atoms with E-state index in [1.807, 2.05) is 30.3 Å². The minimum absolute atomic E-state index is 0.0926. The van der Waals surface area contributed by atoms with Crippen LogP contribution in [0.15, 0.2) is 46.9 Å². The van der Waals surface area contributed by atoms with Gasteiger partial charge < -0.3 is 9.47 Å². The molecule has 23 heavy (non-hydrogen) atoms. The van der Waals surface area contributed by atoms with Gasteiger partial charge in [0.15, 0.2) is 0 Å². The van der Waals surface area contributed by atoms with E-state index < -0.39 is 17.9 Å². The van der Waals surface area contributed by atoms with Crippen LogP contribution >= 0.6 is 15.9 Å². The molecule has 0 saturated heterocycles. The Bertz CT molecular complexity index is 722. The number of halogens is 2. The zero-order valence-electron chi connectivity index (χ0n) is 12.1. The molecule has 2 aromatic rings. The first-order valence-electron chi connectivity index (χ1n) is 6.56. The third-order valence-corrected chi connectivity index (χ3v) is 3.57. The molecule has 0 saturated carbocycles. The van der Waals surface area contributed by atoms with Gasteiger partial charge in [-0.1, -0.05) is 30.3 Å². The molecule has 0 spiro atoms. The first-order chi connectivity index (χ1) is 11.0. The molecule has 1 N–H and O–H groups in total. The molecule has 0 atom stereocenters. The molecule has 2 rings (SSSR count). The van der Waals surface area contributed by atoms with Crippen molar-refractivity contribution in [3.63, 3.8) is 0 Å². The van der Waals surface area contributed by atoms with Crippen molar-refractivity contribution in [2.45, 2.75) is 6.61 Å². The maximum atomic E-state index is 13.7. The minimum atomic E-state index is -0.837. The van der Waals surface area contributed by atoms with Crippen molar-refractivity contribution in [3.05, 3.63) is 63.9 Å². The van der Waals surface area contributed by atoms with Crippen LogP contribution in [-0.2, 0) is 16.1 Å². The number of esters is 1. The summed E-state index contributed by atoms with van der Waals surface area (Å²) in [6, 6.07) is 11.4. The lowest BCUT2D eigenvalue weighted by Gasteiger charge is -2.10. The highest BCUT2D eigenvalue weighted by Crippen LogP contribution is 2.26. The molecule has 1 amide bonds. The maximum absolute atomic E-state index is 13.7. The molecule has 0 aromatic heterocycles. The van der Waals surface area contributed by atoms with Gasteiger partial charge in [-0.25, -0.2) is 14.0 Å². The Morgan fingerprint density at radius 1 is 1.22 bits per heavy atom. The lowest BCUT2D eigenvalue weighted by Crippen LogP contribution is -2.15. The summed E-state index contributed by atoms with van der Waals surface area (Å²) in [5.74, 6) is -1.59. The highest BCUT2D eigenvalue weighted by Gasteiger charge is 2.17. The quantitative estimate of drug-likeness (QED) is 0.808. The van der Waals surface area contributed by atoms with Crippen LogP contribution in [0.3, 0.4) is 0 Å². The third kappa shape index (κ3) is 4.53. The summed E-state index contributed by atoms with van der Waals surface area (Å²) < 4.78 is 23.5. The summed E-state index contributed by atoms with van der Waals surface area (Å²) in [5.41, 5.74) is 0.745. The van der Waals surface area contributed by atoms with Gasteiger partial charge in [0, 0.05) is 4.47 Å². The highest BCUT2D eigenvalue weighted by atomic mass is 79.9. The van der Waals surface area contributed by atoms with Crippen molar-refractivity contribution >= 4 is 33.7 Å². The summed E-state index contributed by atoms with van der Waals surface area (Å²) in [7, 11) is 1.14. The van der Waals surface area contributed by atoms with Crippen molar-refractivity contribution < 1.29 is 23.5 Å². The number of ether oxygens (including phenoxy) is 2. The van der Waals surface area contributed by atoms with E-state index in [1.165, 1.54) is 6.07 Å². The summed E-state index contributed by atoms with van der Waals surface area (Å²) in [4.78, 5) is 23.3. The Morgan fingerprint density at radius 2 is 1.91 bits per heavy atom. The van der Waals surface area contributed by atoms with Crippen LogP contribution in [-0.4, -0.2) is 19.2 Å². The van der Waals surface area contributed by atoms with E-state index >= 15 is 0 Å². The largest absolute Gasteiger partial charge is 0.465 e. The van der Waals surface area contributed by atoms with Gasteiger partial charge in [0.25, 0.3) is 0 Å². The number of hydrogen-bond donors (Lipinski definition) is 1. The molecule has 0 heterocycles. The highest BCUT2D eigenvalue weighted by molar-refractivity contribution is 9.10. The fourth-order valence-electron chi connectivity index (χ4n) is 1.78. The van der Waals surface area contributed by atoms with Crippen LogP contribution in [0, 0.1) is 5.82 Å². The van der Waals surface area contributed by atoms with Crippen LogP contribution in [0.4, 0.5) is 14.9 Å². The molecule has 0 aliphatic heterocycles. The standard InChI is InChI=1S/C16H13BrFNO4/c1-22-15(20)11-7-14(12(17)8-13(11)18)19-16(21)23-9-10-5-3-2-4-6-10/h2-8H,9H2,1H3,(H,19,21). The monoisotopic (exact) mass is 381 g/mol. The van der Waals surface area contributed by atoms with Crippen LogP contribution in [0.25, 0.3) is 0 Å². The molecule has 120 valence electrons. The average molecular weight is 382 g/mol. The van der Waals surface area contributed by atoms with Crippen molar-refractivity contribution in [2.24, 2.45) is 0 Å². The average Bonchev–Trinajstić information content (AvgIpc) is 2.55. The normalized spacial score (nSPS) is 10.0. The zero-order valence-corrected chi connectivity index (χ0v) is 13.7. The van der Waals surface area contributed by atoms with Crippen LogP contribution in [0.1, 0.15) is 15.9 Å². The molecule has 0 unspecified atom stereocenters. The molecular weight excluding hydrogens is 369 g/mol. The fraction of sp³-hybridized carbons (Fsp3) is 0.125. The van der Waals surface area contributed by atoms with Gasteiger partial charge in [0.05, 0.1) is 18.4 Å². The van der Waals surface area contributed by atoms with Gasteiger partial charge in [0.1, 0.15) is 12.4 Å². The first-order valence-corrected chi connectivity index (χ1v) is 7.35. The van der Waals surface area contributed by atoms with E-state index in [4.69, 9.17) is 4.74 Å². The van der Waals surface area contributed by atoms with Crippen molar-refractivity contribution in [2.75, 3.05) is 12.4 Å². The Hall–Kier alpha value is -2.41. The number of hydrogen-bond acceptors (Lipinski definition) is 4. The van der Waals surface area contributed by atoms with Gasteiger partial charge in [0.2, 0.25) is 0 Å². The third-order valence-electron chi connectivity index (χ3n) is 2.91. The molecule has 0 aliphatic rings. The molecule has 0 fully saturated rings. The van der Waals surface area contributed by atoms with E-state index in [1.54, 1.807) is 0 Å². The smallest absolute Gasteiger partial charge is 0.411 e. The van der Waals surface area contributed by atoms with Crippen molar-refractivity contribution in [1.29, 1.82) is 0 Å². The Labute approximate surface area is 140 Å². The molecule has 0 bridgehead atoms. The maximum Gasteiger partial charge on any atom is 0.411 e. The van der Waals surface area contributed by atoms with Crippen LogP contribution in [0.2, 0.25) is 0 Å². The number of rotatable bonds is 4. The summed E-state index contributed by atoms with van der Waals surface area (Å²) in [5, 5.41) is 2.44. The second-order valence-electron chi connectivity index (χ2n) is 4.49. The number of methoxy groups -OCH3 is 1. The van der Waals surface area contributed by atoms with E-state index in [9.17, 15) is 14.0 Å². The summed E-state index contributed by atoms with van der Waals surface area (Å²) in [6.45, 7) is 0.0926. The summed E-state index contributed by atoms with van der Waals surface area (Å²) in [6.07, 6.45) is -0.725. The lowest BCUT2D eigenvalue weighted by atomic mass is 10.2. The van der Waals surface area contributed by atoms with Crippen LogP contribution in [0.5, 0.6) is 0 Å². The summed E-state index contributed by atoms with van der Waals surface area (Å²) >= 11 is 3.11. The van der Waals surface area contributed by atoms with Crippen LogP contribution < -0.4 is 5.32 Å². The molecule has 2 aromatic carbocycles. The fourth-order valence-corrected chi connectivity index (χ4v) is 2.19. The molecule has 7 heteroatoms. The lowest BCUT2D eigenvalue weighted by molar-refractivity contribution is 0.0595. The minimum Gasteiger partial charge on any atom is -0.465 e. The number of benzene rings is 2. The SMILES string of the molecule is COC(=O)c1cc(NC(=O)OCc2ccccc2)c(Br)cc1F. The predicted molar refractivity (Wildman–Crippen MR) is 85.7 cm³/mol. The van der Waals surface area contributed by atoms with Gasteiger partial charge >= 0.3 is 12.1 Å². The zero-order chi connectivity index (χ0) is 16.8. The number of nitrogens with one attached hydrogen (secondary N) is 1. The van der Waals surface area contributed by atoms with Gasteiger partial charge in [-0.15, -0.1) is 0 Å². The molecule has 5 nitrogen and oxygen atoms in total. The van der Waals surface area contributed by atoms with Crippen molar-refractivity contribution in [1.82, 2.24) is 0 Å². The first kappa shape index (κ1) is 17.0. The molecular formula is C16H13BrFNO4. The van der Waals surface area contributed by atoms with Crippen molar-refractivity contribution in [3.8, 4) is 0 Å². The topological polar surface area (TPSA) is 64.6 Å². The molecule has 0 aliphatic carbocycles. The second kappa shape index (κ2) is 7.73. The predicted octanol–water partition coefficient (Wildman–Crippen LogP) is 4.12. The molecule has 0 radical (unpaired) electrons. The number of carbonyl (C=O) groups is 2. The van der Waals surface area contributed by atoms with Gasteiger partial charge in [-0.3, -0.25) is 5.32 Å². The Kier molecular flexibility index (Phi) is 5.70. The number of anilines is 1. The van der Waals surface area contributed by atoms with E-state index in [2.05, 4.69) is 26.0 Å². The second-order valence-corrected chi connectivity index (χ2v) is 5.34. The number of amides is 1. The van der Waals surface area contributed by atoms with E-state index in [0.29, 0.717) is 0 Å². The van der Waals surface area contributed by atoms with E-state index in [0.717, 1.165) is 18.7 Å².